The van der Waals surface area contributed by atoms with Crippen molar-refractivity contribution < 1.29 is 9.53 Å². The van der Waals surface area contributed by atoms with Crippen LogP contribution in [-0.2, 0) is 10.8 Å². The van der Waals surface area contributed by atoms with Crippen LogP contribution in [0, 0.1) is 5.92 Å². The zero-order valence-corrected chi connectivity index (χ0v) is 16.2. The Hall–Kier alpha value is -1.06. The molecule has 0 saturated heterocycles. The Morgan fingerprint density at radius 3 is 2.09 bits per heavy atom. The molecule has 0 amide bonds. The van der Waals surface area contributed by atoms with Gasteiger partial charge in [-0.3, -0.25) is 0 Å². The van der Waals surface area contributed by atoms with Crippen LogP contribution in [0.3, 0.4) is 0 Å². The standard InChI is InChI=1S/C19H32O2Si/c1-9-19(6,21-22(7,8)18(3,4)5)15(2)14-16-10-12-17(20)13-11-16/h9-13,15,20H,1,14H2,2-8H3/t15-,19?/m0/s1. The van der Waals surface area contributed by atoms with E-state index in [0.29, 0.717) is 11.7 Å². The maximum absolute atomic E-state index is 9.40. The highest BCUT2D eigenvalue weighted by molar-refractivity contribution is 6.74. The number of rotatable bonds is 6. The number of phenols is 1. The maximum Gasteiger partial charge on any atom is 0.193 e. The molecule has 0 heterocycles. The largest absolute Gasteiger partial charge is 0.508 e. The molecule has 0 aromatic heterocycles. The second-order valence-electron chi connectivity index (χ2n) is 8.02. The molecule has 0 aliphatic rings. The van der Waals surface area contributed by atoms with E-state index in [0.717, 1.165) is 6.42 Å². The molecule has 3 heteroatoms. The number of hydrogen-bond donors (Lipinski definition) is 1. The fourth-order valence-corrected chi connectivity index (χ4v) is 3.92. The van der Waals surface area contributed by atoms with E-state index >= 15 is 0 Å². The second-order valence-corrected chi connectivity index (χ2v) is 12.7. The first-order valence-electron chi connectivity index (χ1n) is 8.03. The summed E-state index contributed by atoms with van der Waals surface area (Å²) in [6.45, 7) is 19.7. The third-order valence-electron chi connectivity index (χ3n) is 5.14. The number of hydrogen-bond acceptors (Lipinski definition) is 2. The van der Waals surface area contributed by atoms with E-state index in [9.17, 15) is 5.11 Å². The van der Waals surface area contributed by atoms with Gasteiger partial charge in [-0.15, -0.1) is 6.58 Å². The molecule has 1 aromatic rings. The van der Waals surface area contributed by atoms with E-state index in [4.69, 9.17) is 4.43 Å². The lowest BCUT2D eigenvalue weighted by Crippen LogP contribution is -2.50. The first-order valence-corrected chi connectivity index (χ1v) is 10.9. The molecule has 0 aliphatic carbocycles. The Kier molecular flexibility index (Phi) is 5.69. The van der Waals surface area contributed by atoms with Crippen LogP contribution < -0.4 is 0 Å². The summed E-state index contributed by atoms with van der Waals surface area (Å²) in [6.07, 6.45) is 2.86. The average molecular weight is 321 g/mol. The smallest absolute Gasteiger partial charge is 0.193 e. The fraction of sp³-hybridized carbons (Fsp3) is 0.579. The van der Waals surface area contributed by atoms with Crippen LogP contribution in [0.15, 0.2) is 36.9 Å². The predicted octanol–water partition coefficient (Wildman–Crippen LogP) is 5.54. The molecule has 1 unspecified atom stereocenters. The summed E-state index contributed by atoms with van der Waals surface area (Å²) in [7, 11) is -1.86. The lowest BCUT2D eigenvalue weighted by Gasteiger charge is -2.45. The van der Waals surface area contributed by atoms with Gasteiger partial charge >= 0.3 is 0 Å². The highest BCUT2D eigenvalue weighted by Gasteiger charge is 2.43. The van der Waals surface area contributed by atoms with Gasteiger partial charge in [-0.1, -0.05) is 45.9 Å². The summed E-state index contributed by atoms with van der Waals surface area (Å²) >= 11 is 0. The van der Waals surface area contributed by atoms with Gasteiger partial charge in [-0.2, -0.15) is 0 Å². The van der Waals surface area contributed by atoms with Crippen LogP contribution in [0.25, 0.3) is 0 Å². The Balaban J connectivity index is 2.92. The summed E-state index contributed by atoms with van der Waals surface area (Å²) in [6, 6.07) is 7.42. The molecule has 0 fully saturated rings. The van der Waals surface area contributed by atoms with Crippen LogP contribution in [0.5, 0.6) is 5.75 Å². The zero-order chi connectivity index (χ0) is 17.2. The molecule has 2 atom stereocenters. The van der Waals surface area contributed by atoms with Crippen molar-refractivity contribution in [3.63, 3.8) is 0 Å². The number of aromatic hydroxyl groups is 1. The Bertz CT molecular complexity index is 499. The molecule has 1 rings (SSSR count). The van der Waals surface area contributed by atoms with E-state index in [1.165, 1.54) is 5.56 Å². The normalized spacial score (nSPS) is 16.9. The maximum atomic E-state index is 9.40. The van der Waals surface area contributed by atoms with Crippen molar-refractivity contribution in [2.75, 3.05) is 0 Å². The van der Waals surface area contributed by atoms with Crippen molar-refractivity contribution in [2.24, 2.45) is 5.92 Å². The highest BCUT2D eigenvalue weighted by atomic mass is 28.4. The minimum absolute atomic E-state index is 0.176. The van der Waals surface area contributed by atoms with E-state index in [-0.39, 0.29) is 10.6 Å². The fourth-order valence-electron chi connectivity index (χ4n) is 2.23. The molecule has 0 aliphatic heterocycles. The van der Waals surface area contributed by atoms with Gasteiger partial charge in [-0.25, -0.2) is 0 Å². The molecule has 0 spiro atoms. The third-order valence-corrected chi connectivity index (χ3v) is 9.71. The zero-order valence-electron chi connectivity index (χ0n) is 15.2. The van der Waals surface area contributed by atoms with Gasteiger partial charge < -0.3 is 9.53 Å². The Labute approximate surface area is 137 Å². The van der Waals surface area contributed by atoms with Gasteiger partial charge in [0.1, 0.15) is 5.75 Å². The van der Waals surface area contributed by atoms with Gasteiger partial charge in [0.2, 0.25) is 0 Å². The van der Waals surface area contributed by atoms with Crippen molar-refractivity contribution >= 4 is 8.32 Å². The van der Waals surface area contributed by atoms with E-state index in [1.807, 2.05) is 18.2 Å². The van der Waals surface area contributed by atoms with Gasteiger partial charge in [0, 0.05) is 0 Å². The van der Waals surface area contributed by atoms with Crippen molar-refractivity contribution in [1.82, 2.24) is 0 Å². The first kappa shape index (κ1) is 19.0. The van der Waals surface area contributed by atoms with Gasteiger partial charge in [0.05, 0.1) is 5.60 Å². The summed E-state index contributed by atoms with van der Waals surface area (Å²) in [5, 5.41) is 9.58. The Morgan fingerprint density at radius 2 is 1.68 bits per heavy atom. The van der Waals surface area contributed by atoms with E-state index in [1.54, 1.807) is 12.1 Å². The van der Waals surface area contributed by atoms with Crippen molar-refractivity contribution in [2.45, 2.75) is 64.8 Å². The van der Waals surface area contributed by atoms with Crippen LogP contribution in [-0.4, -0.2) is 19.0 Å². The minimum Gasteiger partial charge on any atom is -0.508 e. The number of benzene rings is 1. The molecule has 22 heavy (non-hydrogen) atoms. The van der Waals surface area contributed by atoms with Crippen LogP contribution in [0.1, 0.15) is 40.2 Å². The lowest BCUT2D eigenvalue weighted by atomic mass is 9.86. The molecule has 0 bridgehead atoms. The average Bonchev–Trinajstić information content (AvgIpc) is 2.39. The van der Waals surface area contributed by atoms with Gasteiger partial charge in [0.25, 0.3) is 0 Å². The number of phenolic OH excluding ortho intramolecular Hbond substituents is 1. The second kappa shape index (κ2) is 6.59. The molecular weight excluding hydrogens is 288 g/mol. The summed E-state index contributed by atoms with van der Waals surface area (Å²) in [5.74, 6) is 0.615. The summed E-state index contributed by atoms with van der Waals surface area (Å²) in [4.78, 5) is 0. The monoisotopic (exact) mass is 320 g/mol. The third kappa shape index (κ3) is 4.47. The molecule has 1 N–H and O–H groups in total. The quantitative estimate of drug-likeness (QED) is 0.551. The molecule has 0 radical (unpaired) electrons. The lowest BCUT2D eigenvalue weighted by molar-refractivity contribution is 0.0661. The van der Waals surface area contributed by atoms with Crippen LogP contribution >= 0.6 is 0 Å². The van der Waals surface area contributed by atoms with Crippen molar-refractivity contribution in [1.29, 1.82) is 0 Å². The van der Waals surface area contributed by atoms with Gasteiger partial charge in [0.15, 0.2) is 8.32 Å². The summed E-state index contributed by atoms with van der Waals surface area (Å²) in [5.41, 5.74) is 0.859. The topological polar surface area (TPSA) is 29.5 Å². The van der Waals surface area contributed by atoms with Crippen LogP contribution in [0.4, 0.5) is 0 Å². The molecule has 2 nitrogen and oxygen atoms in total. The molecule has 124 valence electrons. The SMILES string of the molecule is C=CC(C)(O[Si](C)(C)C(C)(C)C)[C@@H](C)Cc1ccc(O)cc1. The molecule has 0 saturated carbocycles. The first-order chi connectivity index (χ1) is 9.91. The van der Waals surface area contributed by atoms with Gasteiger partial charge in [-0.05, 0) is 55.1 Å². The molecular formula is C19H32O2Si. The minimum atomic E-state index is -1.86. The van der Waals surface area contributed by atoms with E-state index in [2.05, 4.69) is 54.3 Å². The molecule has 1 aromatic carbocycles. The Morgan fingerprint density at radius 1 is 1.18 bits per heavy atom. The predicted molar refractivity (Wildman–Crippen MR) is 97.9 cm³/mol. The van der Waals surface area contributed by atoms with Crippen LogP contribution in [0.2, 0.25) is 18.1 Å². The van der Waals surface area contributed by atoms with Crippen molar-refractivity contribution in [3.8, 4) is 5.75 Å². The summed E-state index contributed by atoms with van der Waals surface area (Å²) < 4.78 is 6.67. The highest BCUT2D eigenvalue weighted by Crippen LogP contribution is 2.41. The van der Waals surface area contributed by atoms with Crippen molar-refractivity contribution in [3.05, 3.63) is 42.5 Å². The van der Waals surface area contributed by atoms with E-state index < -0.39 is 8.32 Å².